The van der Waals surface area contributed by atoms with Gasteiger partial charge in [-0.25, -0.2) is 4.39 Å². The zero-order valence-electron chi connectivity index (χ0n) is 9.15. The summed E-state index contributed by atoms with van der Waals surface area (Å²) in [6.07, 6.45) is 1.53. The van der Waals surface area contributed by atoms with Gasteiger partial charge in [-0.1, -0.05) is 0 Å². The molecule has 1 aromatic heterocycles. The number of rotatable bonds is 1. The standard InChI is InChI=1S/C10H17FN4/c1-7-9(12)5-13-15(7)10-3-4-14(2)6-8(10)11/h5,8,10H,3-4,6,12H2,1-2H3. The van der Waals surface area contributed by atoms with Crippen molar-refractivity contribution in [2.45, 2.75) is 25.6 Å². The van der Waals surface area contributed by atoms with Crippen LogP contribution in [0.5, 0.6) is 0 Å². The van der Waals surface area contributed by atoms with Crippen LogP contribution in [-0.4, -0.2) is 41.0 Å². The Bertz CT molecular complexity index is 349. The van der Waals surface area contributed by atoms with Gasteiger partial charge in [-0.05, 0) is 20.4 Å². The number of halogens is 1. The van der Waals surface area contributed by atoms with Gasteiger partial charge >= 0.3 is 0 Å². The monoisotopic (exact) mass is 212 g/mol. The van der Waals surface area contributed by atoms with Crippen molar-refractivity contribution in [3.63, 3.8) is 0 Å². The molecule has 0 spiro atoms. The highest BCUT2D eigenvalue weighted by Gasteiger charge is 2.30. The SMILES string of the molecule is Cc1c(N)cnn1C1CCN(C)CC1F. The molecule has 0 bridgehead atoms. The molecule has 84 valence electrons. The lowest BCUT2D eigenvalue weighted by Gasteiger charge is -2.32. The molecule has 2 unspecified atom stereocenters. The molecule has 2 N–H and O–H groups in total. The van der Waals surface area contributed by atoms with Crippen LogP contribution in [0.25, 0.3) is 0 Å². The lowest BCUT2D eigenvalue weighted by Crippen LogP contribution is -2.41. The van der Waals surface area contributed by atoms with Crippen LogP contribution in [0.3, 0.4) is 0 Å². The van der Waals surface area contributed by atoms with Crippen molar-refractivity contribution in [2.75, 3.05) is 25.9 Å². The van der Waals surface area contributed by atoms with E-state index in [1.54, 1.807) is 10.9 Å². The van der Waals surface area contributed by atoms with Crippen LogP contribution in [0.15, 0.2) is 6.20 Å². The second-order valence-corrected chi connectivity index (χ2v) is 4.26. The number of hydrogen-bond donors (Lipinski definition) is 1. The van der Waals surface area contributed by atoms with Crippen molar-refractivity contribution in [1.29, 1.82) is 0 Å². The Morgan fingerprint density at radius 2 is 2.33 bits per heavy atom. The summed E-state index contributed by atoms with van der Waals surface area (Å²) < 4.78 is 15.6. The molecule has 1 fully saturated rings. The van der Waals surface area contributed by atoms with Crippen LogP contribution in [0.2, 0.25) is 0 Å². The highest BCUT2D eigenvalue weighted by atomic mass is 19.1. The quantitative estimate of drug-likeness (QED) is 0.755. The van der Waals surface area contributed by atoms with Gasteiger partial charge in [0.2, 0.25) is 0 Å². The Morgan fingerprint density at radius 3 is 2.87 bits per heavy atom. The Kier molecular flexibility index (Phi) is 2.65. The van der Waals surface area contributed by atoms with Crippen LogP contribution >= 0.6 is 0 Å². The average molecular weight is 212 g/mol. The van der Waals surface area contributed by atoms with Gasteiger partial charge in [-0.15, -0.1) is 0 Å². The maximum absolute atomic E-state index is 13.8. The van der Waals surface area contributed by atoms with Crippen molar-refractivity contribution < 1.29 is 4.39 Å². The van der Waals surface area contributed by atoms with E-state index in [-0.39, 0.29) is 6.04 Å². The average Bonchev–Trinajstić information content (AvgIpc) is 2.49. The Labute approximate surface area is 88.9 Å². The number of piperidine rings is 1. The number of alkyl halides is 1. The molecule has 0 saturated carbocycles. The molecule has 2 rings (SSSR count). The zero-order chi connectivity index (χ0) is 11.0. The van der Waals surface area contributed by atoms with Gasteiger partial charge in [-0.2, -0.15) is 5.10 Å². The maximum atomic E-state index is 13.8. The molecule has 0 aromatic carbocycles. The lowest BCUT2D eigenvalue weighted by atomic mass is 10.0. The molecule has 0 amide bonds. The largest absolute Gasteiger partial charge is 0.396 e. The predicted molar refractivity (Wildman–Crippen MR) is 57.4 cm³/mol. The number of nitrogen functional groups attached to an aromatic ring is 1. The summed E-state index contributed by atoms with van der Waals surface area (Å²) in [6, 6.07) is -0.154. The van der Waals surface area contributed by atoms with E-state index in [0.717, 1.165) is 18.7 Å². The number of aromatic nitrogens is 2. The van der Waals surface area contributed by atoms with E-state index in [2.05, 4.69) is 5.10 Å². The summed E-state index contributed by atoms with van der Waals surface area (Å²) in [5.74, 6) is 0. The molecule has 1 saturated heterocycles. The number of likely N-dealkylation sites (tertiary alicyclic amines) is 1. The van der Waals surface area contributed by atoms with Gasteiger partial charge in [0, 0.05) is 13.1 Å². The summed E-state index contributed by atoms with van der Waals surface area (Å²) in [5.41, 5.74) is 7.21. The van der Waals surface area contributed by atoms with E-state index in [9.17, 15) is 4.39 Å². The molecule has 5 heteroatoms. The van der Waals surface area contributed by atoms with Gasteiger partial charge in [0.25, 0.3) is 0 Å². The zero-order valence-corrected chi connectivity index (χ0v) is 9.15. The van der Waals surface area contributed by atoms with Crippen molar-refractivity contribution >= 4 is 5.69 Å². The van der Waals surface area contributed by atoms with Crippen molar-refractivity contribution in [2.24, 2.45) is 0 Å². The van der Waals surface area contributed by atoms with E-state index in [1.165, 1.54) is 0 Å². The fraction of sp³-hybridized carbons (Fsp3) is 0.700. The summed E-state index contributed by atoms with van der Waals surface area (Å²) in [4.78, 5) is 2.00. The molecule has 0 radical (unpaired) electrons. The summed E-state index contributed by atoms with van der Waals surface area (Å²) >= 11 is 0. The molecule has 1 aliphatic heterocycles. The first-order chi connectivity index (χ1) is 7.09. The van der Waals surface area contributed by atoms with E-state index in [4.69, 9.17) is 5.73 Å². The molecule has 15 heavy (non-hydrogen) atoms. The number of hydrogen-bond acceptors (Lipinski definition) is 3. The smallest absolute Gasteiger partial charge is 0.135 e. The third-order valence-electron chi connectivity index (χ3n) is 3.11. The van der Waals surface area contributed by atoms with Gasteiger partial charge in [0.1, 0.15) is 6.17 Å². The molecular weight excluding hydrogens is 195 g/mol. The highest BCUT2D eigenvalue weighted by molar-refractivity contribution is 5.40. The van der Waals surface area contributed by atoms with Gasteiger partial charge < -0.3 is 10.6 Å². The van der Waals surface area contributed by atoms with Crippen LogP contribution in [0.4, 0.5) is 10.1 Å². The Balaban J connectivity index is 2.20. The lowest BCUT2D eigenvalue weighted by molar-refractivity contribution is 0.0994. The van der Waals surface area contributed by atoms with Crippen molar-refractivity contribution in [3.05, 3.63) is 11.9 Å². The molecular formula is C10H17FN4. The predicted octanol–water partition coefficient (Wildman–Crippen LogP) is 0.988. The Hall–Kier alpha value is -1.10. The fourth-order valence-corrected chi connectivity index (χ4v) is 2.09. The van der Waals surface area contributed by atoms with Gasteiger partial charge in [0.05, 0.1) is 23.6 Å². The number of anilines is 1. The summed E-state index contributed by atoms with van der Waals surface area (Å²) in [6.45, 7) is 3.27. The number of nitrogens with zero attached hydrogens (tertiary/aromatic N) is 3. The minimum atomic E-state index is -0.859. The van der Waals surface area contributed by atoms with Gasteiger partial charge in [-0.3, -0.25) is 4.68 Å². The molecule has 4 nitrogen and oxygen atoms in total. The second-order valence-electron chi connectivity index (χ2n) is 4.26. The third kappa shape index (κ3) is 1.84. The third-order valence-corrected chi connectivity index (χ3v) is 3.11. The second kappa shape index (κ2) is 3.81. The number of nitrogens with two attached hydrogens (primary N) is 1. The van der Waals surface area contributed by atoms with Gasteiger partial charge in [0.15, 0.2) is 0 Å². The van der Waals surface area contributed by atoms with Crippen molar-refractivity contribution in [1.82, 2.24) is 14.7 Å². The van der Waals surface area contributed by atoms with E-state index >= 15 is 0 Å². The summed E-state index contributed by atoms with van der Waals surface area (Å²) in [5, 5.41) is 4.15. The highest BCUT2D eigenvalue weighted by Crippen LogP contribution is 2.26. The van der Waals surface area contributed by atoms with Crippen molar-refractivity contribution in [3.8, 4) is 0 Å². The Morgan fingerprint density at radius 1 is 1.60 bits per heavy atom. The minimum absolute atomic E-state index is 0.154. The molecule has 2 heterocycles. The minimum Gasteiger partial charge on any atom is -0.396 e. The summed E-state index contributed by atoms with van der Waals surface area (Å²) in [7, 11) is 1.94. The van der Waals surface area contributed by atoms with Crippen LogP contribution in [0, 0.1) is 6.92 Å². The first-order valence-electron chi connectivity index (χ1n) is 5.22. The van der Waals surface area contributed by atoms with E-state index < -0.39 is 6.17 Å². The van der Waals surface area contributed by atoms with E-state index in [0.29, 0.717) is 12.2 Å². The van der Waals surface area contributed by atoms with Crippen LogP contribution in [-0.2, 0) is 0 Å². The fourth-order valence-electron chi connectivity index (χ4n) is 2.09. The van der Waals surface area contributed by atoms with Crippen LogP contribution in [0.1, 0.15) is 18.2 Å². The molecule has 1 aromatic rings. The first-order valence-corrected chi connectivity index (χ1v) is 5.22. The first kappa shape index (κ1) is 10.4. The maximum Gasteiger partial charge on any atom is 0.135 e. The van der Waals surface area contributed by atoms with E-state index in [1.807, 2.05) is 18.9 Å². The normalized spacial score (nSPS) is 28.2. The molecule has 1 aliphatic rings. The van der Waals surface area contributed by atoms with Crippen LogP contribution < -0.4 is 5.73 Å². The molecule has 2 atom stereocenters. The topological polar surface area (TPSA) is 47.1 Å². The molecule has 0 aliphatic carbocycles.